The van der Waals surface area contributed by atoms with Crippen molar-refractivity contribution in [1.82, 2.24) is 4.90 Å². The number of aliphatic imine (C=N–C) groups is 1. The standard InChI is InChI=1S/C15H20N2O2/c18-14-5-6-15(19)17(14)10-8-13-12-4-2-1-3-11(12)7-9-16-13/h1-10H2. The van der Waals surface area contributed by atoms with Crippen LogP contribution >= 0.6 is 0 Å². The number of allylic oxidation sites excluding steroid dienone is 1. The van der Waals surface area contributed by atoms with Crippen LogP contribution in [0.5, 0.6) is 0 Å². The summed E-state index contributed by atoms with van der Waals surface area (Å²) in [6, 6.07) is 0. The quantitative estimate of drug-likeness (QED) is 0.731. The molecule has 2 amide bonds. The molecule has 102 valence electrons. The van der Waals surface area contributed by atoms with Crippen LogP contribution in [0.1, 0.15) is 51.4 Å². The lowest BCUT2D eigenvalue weighted by molar-refractivity contribution is -0.138. The number of carbonyl (C=O) groups is 2. The second kappa shape index (κ2) is 5.27. The van der Waals surface area contributed by atoms with Crippen molar-refractivity contribution in [2.75, 3.05) is 13.1 Å². The first-order valence-corrected chi connectivity index (χ1v) is 7.33. The summed E-state index contributed by atoms with van der Waals surface area (Å²) in [5.74, 6) is -0.0292. The molecule has 1 saturated heterocycles. The lowest BCUT2D eigenvalue weighted by Crippen LogP contribution is -2.32. The Hall–Kier alpha value is -1.45. The van der Waals surface area contributed by atoms with Crippen molar-refractivity contribution in [2.45, 2.75) is 51.4 Å². The zero-order valence-corrected chi connectivity index (χ0v) is 11.3. The summed E-state index contributed by atoms with van der Waals surface area (Å²) in [4.78, 5) is 29.2. The zero-order chi connectivity index (χ0) is 13.2. The molecule has 0 spiro atoms. The van der Waals surface area contributed by atoms with E-state index in [1.807, 2.05) is 0 Å². The molecule has 0 N–H and O–H groups in total. The fraction of sp³-hybridized carbons (Fsp3) is 0.667. The maximum atomic E-state index is 11.6. The third-order valence-corrected chi connectivity index (χ3v) is 4.37. The number of imide groups is 1. The second-order valence-corrected chi connectivity index (χ2v) is 5.56. The minimum atomic E-state index is -0.0146. The molecule has 3 rings (SSSR count). The monoisotopic (exact) mass is 260 g/mol. The molecule has 0 saturated carbocycles. The van der Waals surface area contributed by atoms with Crippen LogP contribution in [0.4, 0.5) is 0 Å². The van der Waals surface area contributed by atoms with Crippen LogP contribution in [-0.2, 0) is 9.59 Å². The first-order valence-electron chi connectivity index (χ1n) is 7.33. The van der Waals surface area contributed by atoms with Gasteiger partial charge in [0.15, 0.2) is 0 Å². The molecule has 0 unspecified atom stereocenters. The molecule has 19 heavy (non-hydrogen) atoms. The molecular formula is C15H20N2O2. The smallest absolute Gasteiger partial charge is 0.229 e. The van der Waals surface area contributed by atoms with Gasteiger partial charge in [0.1, 0.15) is 0 Å². The maximum Gasteiger partial charge on any atom is 0.229 e. The van der Waals surface area contributed by atoms with E-state index in [0.717, 1.165) is 31.5 Å². The van der Waals surface area contributed by atoms with Crippen molar-refractivity contribution >= 4 is 17.5 Å². The van der Waals surface area contributed by atoms with Crippen LogP contribution in [0.2, 0.25) is 0 Å². The second-order valence-electron chi connectivity index (χ2n) is 5.56. The van der Waals surface area contributed by atoms with Gasteiger partial charge in [-0.15, -0.1) is 0 Å². The normalized spacial score (nSPS) is 23.8. The van der Waals surface area contributed by atoms with Crippen LogP contribution < -0.4 is 0 Å². The molecule has 0 bridgehead atoms. The van der Waals surface area contributed by atoms with E-state index in [-0.39, 0.29) is 11.8 Å². The van der Waals surface area contributed by atoms with Gasteiger partial charge in [0, 0.05) is 38.1 Å². The topological polar surface area (TPSA) is 49.7 Å². The van der Waals surface area contributed by atoms with E-state index in [9.17, 15) is 9.59 Å². The molecule has 0 aromatic carbocycles. The molecule has 2 aliphatic heterocycles. The van der Waals surface area contributed by atoms with Gasteiger partial charge in [-0.25, -0.2) is 0 Å². The van der Waals surface area contributed by atoms with Crippen molar-refractivity contribution in [3.63, 3.8) is 0 Å². The summed E-state index contributed by atoms with van der Waals surface area (Å²) in [5, 5.41) is 0. The van der Waals surface area contributed by atoms with Crippen LogP contribution in [0.15, 0.2) is 16.1 Å². The Bertz CT molecular complexity index is 461. The largest absolute Gasteiger partial charge is 0.289 e. The number of amides is 2. The van der Waals surface area contributed by atoms with Gasteiger partial charge in [0.25, 0.3) is 0 Å². The molecule has 1 aliphatic carbocycles. The number of carbonyl (C=O) groups excluding carboxylic acids is 2. The number of hydrogen-bond acceptors (Lipinski definition) is 3. The third-order valence-electron chi connectivity index (χ3n) is 4.37. The van der Waals surface area contributed by atoms with Crippen LogP contribution in [-0.4, -0.2) is 35.5 Å². The predicted molar refractivity (Wildman–Crippen MR) is 73.0 cm³/mol. The van der Waals surface area contributed by atoms with E-state index >= 15 is 0 Å². The minimum absolute atomic E-state index is 0.0146. The number of dihydropyridines is 1. The molecule has 2 heterocycles. The Balaban J connectivity index is 1.66. The fourth-order valence-electron chi connectivity index (χ4n) is 3.33. The first-order chi connectivity index (χ1) is 9.25. The molecule has 3 aliphatic rings. The van der Waals surface area contributed by atoms with Gasteiger partial charge < -0.3 is 0 Å². The average molecular weight is 260 g/mol. The lowest BCUT2D eigenvalue weighted by atomic mass is 9.84. The average Bonchev–Trinajstić information content (AvgIpc) is 2.76. The van der Waals surface area contributed by atoms with Crippen LogP contribution in [0.25, 0.3) is 0 Å². The number of rotatable bonds is 3. The van der Waals surface area contributed by atoms with E-state index in [1.54, 1.807) is 5.57 Å². The number of hydrogen-bond donors (Lipinski definition) is 0. The van der Waals surface area contributed by atoms with Crippen LogP contribution in [0.3, 0.4) is 0 Å². The van der Waals surface area contributed by atoms with Crippen molar-refractivity contribution < 1.29 is 9.59 Å². The van der Waals surface area contributed by atoms with Gasteiger partial charge in [-0.3, -0.25) is 19.5 Å². The Kier molecular flexibility index (Phi) is 3.49. The van der Waals surface area contributed by atoms with E-state index in [1.165, 1.54) is 29.7 Å². The summed E-state index contributed by atoms with van der Waals surface area (Å²) < 4.78 is 0. The summed E-state index contributed by atoms with van der Waals surface area (Å²) in [7, 11) is 0. The van der Waals surface area contributed by atoms with Crippen molar-refractivity contribution in [2.24, 2.45) is 4.99 Å². The molecule has 0 aromatic rings. The van der Waals surface area contributed by atoms with E-state index in [0.29, 0.717) is 19.4 Å². The fourth-order valence-corrected chi connectivity index (χ4v) is 3.33. The predicted octanol–water partition coefficient (Wildman–Crippen LogP) is 2.24. The van der Waals surface area contributed by atoms with Gasteiger partial charge in [0.2, 0.25) is 11.8 Å². The highest BCUT2D eigenvalue weighted by molar-refractivity contribution is 6.04. The molecule has 4 heteroatoms. The van der Waals surface area contributed by atoms with Gasteiger partial charge in [-0.1, -0.05) is 5.57 Å². The van der Waals surface area contributed by atoms with Crippen molar-refractivity contribution in [1.29, 1.82) is 0 Å². The van der Waals surface area contributed by atoms with Crippen molar-refractivity contribution in [3.05, 3.63) is 11.1 Å². The molecule has 1 fully saturated rings. The highest BCUT2D eigenvalue weighted by Crippen LogP contribution is 2.31. The Labute approximate surface area is 113 Å². The summed E-state index contributed by atoms with van der Waals surface area (Å²) in [6.45, 7) is 1.41. The molecule has 0 radical (unpaired) electrons. The Morgan fingerprint density at radius 1 is 0.947 bits per heavy atom. The highest BCUT2D eigenvalue weighted by Gasteiger charge is 2.29. The number of likely N-dealkylation sites (tertiary alicyclic amines) is 1. The van der Waals surface area contributed by atoms with Crippen molar-refractivity contribution in [3.8, 4) is 0 Å². The van der Waals surface area contributed by atoms with Gasteiger partial charge >= 0.3 is 0 Å². The van der Waals surface area contributed by atoms with E-state index < -0.39 is 0 Å². The molecule has 4 nitrogen and oxygen atoms in total. The summed E-state index contributed by atoms with van der Waals surface area (Å²) in [5.41, 5.74) is 4.18. The van der Waals surface area contributed by atoms with E-state index in [2.05, 4.69) is 4.99 Å². The Morgan fingerprint density at radius 2 is 1.68 bits per heavy atom. The number of nitrogens with zero attached hydrogens (tertiary/aromatic N) is 2. The Morgan fingerprint density at radius 3 is 2.47 bits per heavy atom. The lowest BCUT2D eigenvalue weighted by Gasteiger charge is -2.26. The summed E-state index contributed by atoms with van der Waals surface area (Å²) in [6.07, 6.45) is 7.54. The molecule has 0 aromatic heterocycles. The first kappa shape index (κ1) is 12.6. The van der Waals surface area contributed by atoms with Gasteiger partial charge in [-0.2, -0.15) is 0 Å². The summed E-state index contributed by atoms with van der Waals surface area (Å²) >= 11 is 0. The third kappa shape index (κ3) is 2.48. The van der Waals surface area contributed by atoms with Gasteiger partial charge in [-0.05, 0) is 37.7 Å². The SMILES string of the molecule is O=C1CCC(=O)N1CCC1=NCCC2=C1CCCC2. The van der Waals surface area contributed by atoms with Crippen LogP contribution in [0, 0.1) is 0 Å². The minimum Gasteiger partial charge on any atom is -0.289 e. The highest BCUT2D eigenvalue weighted by atomic mass is 16.2. The molecule has 0 atom stereocenters. The molecular weight excluding hydrogens is 240 g/mol. The van der Waals surface area contributed by atoms with E-state index in [4.69, 9.17) is 0 Å². The van der Waals surface area contributed by atoms with Gasteiger partial charge in [0.05, 0.1) is 0 Å². The zero-order valence-electron chi connectivity index (χ0n) is 11.3. The maximum absolute atomic E-state index is 11.6.